The second-order valence-electron chi connectivity index (χ2n) is 6.18. The van der Waals surface area contributed by atoms with E-state index >= 15 is 0 Å². The van der Waals surface area contributed by atoms with Crippen LogP contribution in [-0.2, 0) is 11.2 Å². The summed E-state index contributed by atoms with van der Waals surface area (Å²) in [5.41, 5.74) is 2.37. The highest BCUT2D eigenvalue weighted by atomic mass is 19.1. The van der Waals surface area contributed by atoms with Gasteiger partial charge in [-0.15, -0.1) is 0 Å². The van der Waals surface area contributed by atoms with Crippen LogP contribution in [-0.4, -0.2) is 30.9 Å². The summed E-state index contributed by atoms with van der Waals surface area (Å²) in [5.74, 6) is -0.979. The van der Waals surface area contributed by atoms with Crippen molar-refractivity contribution in [3.05, 3.63) is 65.2 Å². The number of para-hydroxylation sites is 1. The highest BCUT2D eigenvalue weighted by molar-refractivity contribution is 5.96. The van der Waals surface area contributed by atoms with Crippen LogP contribution in [0.2, 0.25) is 0 Å². The summed E-state index contributed by atoms with van der Waals surface area (Å²) < 4.78 is 27.3. The predicted octanol–water partition coefficient (Wildman–Crippen LogP) is 3.55. The first-order chi connectivity index (χ1) is 11.5. The van der Waals surface area contributed by atoms with Gasteiger partial charge in [0.2, 0.25) is 5.91 Å². The Hall–Kier alpha value is -2.27. The van der Waals surface area contributed by atoms with Crippen LogP contribution in [0.15, 0.2) is 42.5 Å². The van der Waals surface area contributed by atoms with Crippen molar-refractivity contribution in [2.45, 2.75) is 19.4 Å². The zero-order chi connectivity index (χ0) is 17.3. The molecule has 0 bridgehead atoms. The fraction of sp³-hybridized carbons (Fsp3) is 0.316. The van der Waals surface area contributed by atoms with Crippen molar-refractivity contribution in [2.75, 3.05) is 25.0 Å². The molecule has 0 aromatic heterocycles. The van der Waals surface area contributed by atoms with Gasteiger partial charge in [0.25, 0.3) is 0 Å². The summed E-state index contributed by atoms with van der Waals surface area (Å²) in [6, 6.07) is 10.8. The molecule has 2 aromatic rings. The first kappa shape index (κ1) is 16.6. The minimum atomic E-state index is -0.480. The zero-order valence-corrected chi connectivity index (χ0v) is 13.8. The molecule has 1 aliphatic heterocycles. The Morgan fingerprint density at radius 1 is 1.25 bits per heavy atom. The molecule has 1 aliphatic rings. The van der Waals surface area contributed by atoms with Crippen LogP contribution in [0.3, 0.4) is 0 Å². The molecule has 3 nitrogen and oxygen atoms in total. The third kappa shape index (κ3) is 3.17. The normalized spacial score (nSPS) is 14.8. The Morgan fingerprint density at radius 2 is 2.00 bits per heavy atom. The lowest BCUT2D eigenvalue weighted by Gasteiger charge is -2.27. The van der Waals surface area contributed by atoms with Gasteiger partial charge in [-0.2, -0.15) is 0 Å². The van der Waals surface area contributed by atoms with Crippen LogP contribution < -0.4 is 4.90 Å². The molecule has 1 unspecified atom stereocenters. The number of carbonyl (C=O) groups excluding carboxylic acids is 1. The SMILES string of the molecule is CC(c1cc(F)ccc1F)N(C)CC(=O)N1CCc2ccccc21. The molecule has 0 aliphatic carbocycles. The van der Waals surface area contributed by atoms with Gasteiger partial charge in [-0.05, 0) is 50.2 Å². The molecule has 126 valence electrons. The van der Waals surface area contributed by atoms with E-state index < -0.39 is 17.7 Å². The quantitative estimate of drug-likeness (QED) is 0.856. The van der Waals surface area contributed by atoms with Crippen molar-refractivity contribution in [1.29, 1.82) is 0 Å². The molecular formula is C19H20F2N2O. The number of halogens is 2. The van der Waals surface area contributed by atoms with Crippen molar-refractivity contribution in [3.63, 3.8) is 0 Å². The Morgan fingerprint density at radius 3 is 2.79 bits per heavy atom. The van der Waals surface area contributed by atoms with E-state index in [0.29, 0.717) is 6.54 Å². The fourth-order valence-electron chi connectivity index (χ4n) is 3.11. The Bertz CT molecular complexity index is 763. The number of amides is 1. The van der Waals surface area contributed by atoms with Crippen LogP contribution in [0.25, 0.3) is 0 Å². The number of likely N-dealkylation sites (N-methyl/N-ethyl adjacent to an activating group) is 1. The van der Waals surface area contributed by atoms with E-state index in [2.05, 4.69) is 0 Å². The number of hydrogen-bond acceptors (Lipinski definition) is 2. The van der Waals surface area contributed by atoms with Gasteiger partial charge in [0.1, 0.15) is 11.6 Å². The Labute approximate surface area is 140 Å². The molecule has 0 spiro atoms. The highest BCUT2D eigenvalue weighted by Gasteiger charge is 2.26. The van der Waals surface area contributed by atoms with Gasteiger partial charge >= 0.3 is 0 Å². The van der Waals surface area contributed by atoms with Gasteiger partial charge in [0.15, 0.2) is 0 Å². The molecule has 1 heterocycles. The van der Waals surface area contributed by atoms with E-state index in [1.165, 1.54) is 6.07 Å². The lowest BCUT2D eigenvalue weighted by molar-refractivity contribution is -0.119. The standard InChI is InChI=1S/C19H20F2N2O/c1-13(16-11-15(20)7-8-17(16)21)22(2)12-19(24)23-10-9-14-5-3-4-6-18(14)23/h3-8,11,13H,9-10,12H2,1-2H3. The second kappa shape index (κ2) is 6.69. The lowest BCUT2D eigenvalue weighted by atomic mass is 10.1. The van der Waals surface area contributed by atoms with E-state index in [4.69, 9.17) is 0 Å². The van der Waals surface area contributed by atoms with Crippen molar-refractivity contribution in [1.82, 2.24) is 4.90 Å². The van der Waals surface area contributed by atoms with Gasteiger partial charge in [0.05, 0.1) is 6.54 Å². The first-order valence-corrected chi connectivity index (χ1v) is 8.01. The summed E-state index contributed by atoms with van der Waals surface area (Å²) in [7, 11) is 1.74. The number of rotatable bonds is 4. The lowest BCUT2D eigenvalue weighted by Crippen LogP contribution is -2.39. The summed E-state index contributed by atoms with van der Waals surface area (Å²) in [5, 5.41) is 0. The number of benzene rings is 2. The van der Waals surface area contributed by atoms with E-state index in [1.54, 1.807) is 23.8 Å². The number of nitrogens with zero attached hydrogens (tertiary/aromatic N) is 2. The minimum Gasteiger partial charge on any atom is -0.311 e. The molecule has 0 radical (unpaired) electrons. The van der Waals surface area contributed by atoms with Gasteiger partial charge in [-0.1, -0.05) is 18.2 Å². The van der Waals surface area contributed by atoms with Crippen molar-refractivity contribution < 1.29 is 13.6 Å². The predicted molar refractivity (Wildman–Crippen MR) is 89.9 cm³/mol. The average Bonchev–Trinajstić information content (AvgIpc) is 3.00. The Kier molecular flexibility index (Phi) is 4.62. The van der Waals surface area contributed by atoms with Crippen LogP contribution >= 0.6 is 0 Å². The van der Waals surface area contributed by atoms with Crippen LogP contribution in [0.4, 0.5) is 14.5 Å². The molecule has 24 heavy (non-hydrogen) atoms. The van der Waals surface area contributed by atoms with E-state index in [1.807, 2.05) is 24.3 Å². The maximum Gasteiger partial charge on any atom is 0.241 e. The number of anilines is 1. The monoisotopic (exact) mass is 330 g/mol. The molecule has 1 amide bonds. The van der Waals surface area contributed by atoms with Crippen molar-refractivity contribution >= 4 is 11.6 Å². The van der Waals surface area contributed by atoms with Crippen LogP contribution in [0.5, 0.6) is 0 Å². The summed E-state index contributed by atoms with van der Waals surface area (Å²) in [6.07, 6.45) is 0.847. The highest BCUT2D eigenvalue weighted by Crippen LogP contribution is 2.28. The maximum atomic E-state index is 13.9. The molecule has 0 saturated heterocycles. The summed E-state index contributed by atoms with van der Waals surface area (Å²) in [6.45, 7) is 2.57. The van der Waals surface area contributed by atoms with Crippen molar-refractivity contribution in [2.24, 2.45) is 0 Å². The molecular weight excluding hydrogens is 310 g/mol. The first-order valence-electron chi connectivity index (χ1n) is 8.01. The molecule has 5 heteroatoms. The third-order valence-corrected chi connectivity index (χ3v) is 4.64. The number of hydrogen-bond donors (Lipinski definition) is 0. The van der Waals surface area contributed by atoms with Crippen LogP contribution in [0, 0.1) is 11.6 Å². The largest absolute Gasteiger partial charge is 0.311 e. The maximum absolute atomic E-state index is 13.9. The molecule has 0 saturated carbocycles. The van der Waals surface area contributed by atoms with Gasteiger partial charge < -0.3 is 4.90 Å². The third-order valence-electron chi connectivity index (χ3n) is 4.64. The summed E-state index contributed by atoms with van der Waals surface area (Å²) >= 11 is 0. The minimum absolute atomic E-state index is 0.0360. The summed E-state index contributed by atoms with van der Waals surface area (Å²) in [4.78, 5) is 16.1. The Balaban J connectivity index is 1.72. The molecule has 1 atom stereocenters. The number of carbonyl (C=O) groups is 1. The second-order valence-corrected chi connectivity index (χ2v) is 6.18. The fourth-order valence-corrected chi connectivity index (χ4v) is 3.11. The number of fused-ring (bicyclic) bond motifs is 1. The zero-order valence-electron chi connectivity index (χ0n) is 13.8. The van der Waals surface area contributed by atoms with E-state index in [0.717, 1.165) is 29.8 Å². The molecule has 3 rings (SSSR count). The van der Waals surface area contributed by atoms with Gasteiger partial charge in [0, 0.05) is 23.8 Å². The topological polar surface area (TPSA) is 23.6 Å². The molecule has 0 fully saturated rings. The van der Waals surface area contributed by atoms with Crippen molar-refractivity contribution in [3.8, 4) is 0 Å². The van der Waals surface area contributed by atoms with Gasteiger partial charge in [-0.3, -0.25) is 9.69 Å². The van der Waals surface area contributed by atoms with E-state index in [-0.39, 0.29) is 18.0 Å². The van der Waals surface area contributed by atoms with Gasteiger partial charge in [-0.25, -0.2) is 8.78 Å². The molecule has 2 aromatic carbocycles. The van der Waals surface area contributed by atoms with E-state index in [9.17, 15) is 13.6 Å². The van der Waals surface area contributed by atoms with Crippen LogP contribution in [0.1, 0.15) is 24.1 Å². The smallest absolute Gasteiger partial charge is 0.241 e. The molecule has 0 N–H and O–H groups in total. The average molecular weight is 330 g/mol.